The molecule has 1 aliphatic carbocycles. The summed E-state index contributed by atoms with van der Waals surface area (Å²) in [6, 6.07) is 4.86. The van der Waals surface area contributed by atoms with Gasteiger partial charge in [0, 0.05) is 61.0 Å². The van der Waals surface area contributed by atoms with Gasteiger partial charge in [-0.25, -0.2) is 9.78 Å². The van der Waals surface area contributed by atoms with Crippen molar-refractivity contribution in [1.82, 2.24) is 19.4 Å². The van der Waals surface area contributed by atoms with Crippen LogP contribution in [-0.4, -0.2) is 63.8 Å². The smallest absolute Gasteiger partial charge is 0.410 e. The van der Waals surface area contributed by atoms with E-state index >= 15 is 0 Å². The number of fused-ring (bicyclic) bond motifs is 1. The number of hydrogen-bond acceptors (Lipinski definition) is 4. The highest BCUT2D eigenvalue weighted by atomic mass is 79.9. The average molecular weight is 477 g/mol. The molecule has 0 N–H and O–H groups in total. The van der Waals surface area contributed by atoms with Crippen LogP contribution in [0.3, 0.4) is 0 Å². The van der Waals surface area contributed by atoms with Crippen molar-refractivity contribution in [3.05, 3.63) is 29.0 Å². The molecule has 7 heteroatoms. The van der Waals surface area contributed by atoms with Crippen LogP contribution in [0, 0.1) is 5.92 Å². The van der Waals surface area contributed by atoms with Gasteiger partial charge in [-0.05, 0) is 80.4 Å². The molecule has 1 saturated carbocycles. The van der Waals surface area contributed by atoms with Crippen molar-refractivity contribution in [3.63, 3.8) is 0 Å². The molecule has 0 unspecified atom stereocenters. The largest absolute Gasteiger partial charge is 0.444 e. The fourth-order valence-corrected chi connectivity index (χ4v) is 5.07. The summed E-state index contributed by atoms with van der Waals surface area (Å²) in [5, 5.41) is 1.20. The van der Waals surface area contributed by atoms with Crippen LogP contribution in [0.2, 0.25) is 0 Å². The Hall–Kier alpha value is -1.60. The van der Waals surface area contributed by atoms with Crippen LogP contribution in [0.25, 0.3) is 11.0 Å². The maximum Gasteiger partial charge on any atom is 0.410 e. The molecular formula is C23H33BrN4O2. The lowest BCUT2D eigenvalue weighted by molar-refractivity contribution is 0.0126. The zero-order valence-corrected chi connectivity index (χ0v) is 19.9. The van der Waals surface area contributed by atoms with E-state index in [1.165, 1.54) is 31.1 Å². The maximum absolute atomic E-state index is 12.2. The number of halogens is 1. The van der Waals surface area contributed by atoms with E-state index in [0.717, 1.165) is 48.8 Å². The van der Waals surface area contributed by atoms with Gasteiger partial charge in [-0.3, -0.25) is 4.90 Å². The number of carbonyl (C=O) groups excluding carboxylic acids is 1. The summed E-state index contributed by atoms with van der Waals surface area (Å²) in [6.07, 6.45) is 8.85. The lowest BCUT2D eigenvalue weighted by Crippen LogP contribution is -2.51. The second-order valence-corrected chi connectivity index (χ2v) is 10.6. The van der Waals surface area contributed by atoms with Crippen molar-refractivity contribution in [2.24, 2.45) is 5.92 Å². The molecule has 0 aromatic carbocycles. The van der Waals surface area contributed by atoms with Crippen LogP contribution in [0.5, 0.6) is 0 Å². The fraction of sp³-hybridized carbons (Fsp3) is 0.652. The van der Waals surface area contributed by atoms with E-state index < -0.39 is 5.60 Å². The number of pyridine rings is 1. The molecule has 30 heavy (non-hydrogen) atoms. The van der Waals surface area contributed by atoms with E-state index in [0.29, 0.717) is 6.04 Å². The van der Waals surface area contributed by atoms with Gasteiger partial charge >= 0.3 is 6.09 Å². The highest BCUT2D eigenvalue weighted by Gasteiger charge is 2.29. The second kappa shape index (κ2) is 8.87. The average Bonchev–Trinajstić information content (AvgIpc) is 3.11. The first-order chi connectivity index (χ1) is 14.3. The van der Waals surface area contributed by atoms with Crippen molar-refractivity contribution in [3.8, 4) is 0 Å². The Morgan fingerprint density at radius 1 is 1.17 bits per heavy atom. The predicted octanol–water partition coefficient (Wildman–Crippen LogP) is 5.08. The first kappa shape index (κ1) is 21.6. The standard InChI is InChI=1S/C23H33BrN4O2/c1-23(2,3)30-22(29)27-12-10-26(11-13-27)16-17-4-6-20(7-5-17)28-9-8-18-14-19(24)15-25-21(18)28/h8-9,14-15,17,20H,4-7,10-13,16H2,1-3H3. The lowest BCUT2D eigenvalue weighted by atomic mass is 9.85. The number of ether oxygens (including phenoxy) is 1. The highest BCUT2D eigenvalue weighted by molar-refractivity contribution is 9.10. The van der Waals surface area contributed by atoms with Crippen LogP contribution in [0.15, 0.2) is 29.0 Å². The van der Waals surface area contributed by atoms with Gasteiger partial charge in [0.05, 0.1) is 0 Å². The molecule has 0 spiro atoms. The van der Waals surface area contributed by atoms with Crippen LogP contribution < -0.4 is 0 Å². The molecule has 2 aromatic heterocycles. The van der Waals surface area contributed by atoms with Crippen molar-refractivity contribution in [2.75, 3.05) is 32.7 Å². The zero-order chi connectivity index (χ0) is 21.3. The molecule has 4 rings (SSSR count). The molecule has 0 atom stereocenters. The number of piperazine rings is 1. The monoisotopic (exact) mass is 476 g/mol. The molecule has 1 aliphatic heterocycles. The molecule has 6 nitrogen and oxygen atoms in total. The van der Waals surface area contributed by atoms with E-state index in [4.69, 9.17) is 4.74 Å². The van der Waals surface area contributed by atoms with Gasteiger partial charge in [-0.1, -0.05) is 0 Å². The van der Waals surface area contributed by atoms with Crippen molar-refractivity contribution >= 4 is 33.1 Å². The minimum absolute atomic E-state index is 0.178. The number of aromatic nitrogens is 2. The molecule has 1 saturated heterocycles. The Labute approximate surface area is 187 Å². The summed E-state index contributed by atoms with van der Waals surface area (Å²) >= 11 is 3.51. The first-order valence-corrected chi connectivity index (χ1v) is 11.9. The summed E-state index contributed by atoms with van der Waals surface area (Å²) in [5.41, 5.74) is 0.670. The van der Waals surface area contributed by atoms with Crippen LogP contribution in [-0.2, 0) is 4.74 Å². The van der Waals surface area contributed by atoms with Crippen LogP contribution in [0.1, 0.15) is 52.5 Å². The third kappa shape index (κ3) is 5.17. The first-order valence-electron chi connectivity index (χ1n) is 11.1. The van der Waals surface area contributed by atoms with Crippen molar-refractivity contribution in [2.45, 2.75) is 58.1 Å². The van der Waals surface area contributed by atoms with E-state index in [1.807, 2.05) is 31.9 Å². The topological polar surface area (TPSA) is 50.6 Å². The van der Waals surface area contributed by atoms with Gasteiger partial charge in [-0.15, -0.1) is 0 Å². The minimum Gasteiger partial charge on any atom is -0.444 e. The lowest BCUT2D eigenvalue weighted by Gasteiger charge is -2.38. The van der Waals surface area contributed by atoms with Crippen molar-refractivity contribution < 1.29 is 9.53 Å². The SMILES string of the molecule is CC(C)(C)OC(=O)N1CCN(CC2CCC(n3ccc4cc(Br)cnc43)CC2)CC1. The number of carbonyl (C=O) groups is 1. The minimum atomic E-state index is -0.427. The molecule has 2 aliphatic rings. The molecular weight excluding hydrogens is 444 g/mol. The number of nitrogens with zero attached hydrogens (tertiary/aromatic N) is 4. The molecule has 0 radical (unpaired) electrons. The Balaban J connectivity index is 1.24. The summed E-state index contributed by atoms with van der Waals surface area (Å²) in [6.45, 7) is 10.3. The Morgan fingerprint density at radius 3 is 2.53 bits per heavy atom. The molecule has 2 fully saturated rings. The Bertz CT molecular complexity index is 875. The van der Waals surface area contributed by atoms with E-state index in [-0.39, 0.29) is 6.09 Å². The molecule has 2 aromatic rings. The molecule has 3 heterocycles. The van der Waals surface area contributed by atoms with Crippen molar-refractivity contribution in [1.29, 1.82) is 0 Å². The summed E-state index contributed by atoms with van der Waals surface area (Å²) in [7, 11) is 0. The normalized spacial score (nSPS) is 23.7. The summed E-state index contributed by atoms with van der Waals surface area (Å²) in [4.78, 5) is 21.3. The van der Waals surface area contributed by atoms with Gasteiger partial charge in [-0.2, -0.15) is 0 Å². The summed E-state index contributed by atoms with van der Waals surface area (Å²) < 4.78 is 8.91. The second-order valence-electron chi connectivity index (χ2n) is 9.73. The van der Waals surface area contributed by atoms with Crippen LogP contribution in [0.4, 0.5) is 4.79 Å². The summed E-state index contributed by atoms with van der Waals surface area (Å²) in [5.74, 6) is 0.748. The number of amides is 1. The van der Waals surface area contributed by atoms with Crippen LogP contribution >= 0.6 is 15.9 Å². The van der Waals surface area contributed by atoms with E-state index in [2.05, 4.69) is 48.7 Å². The fourth-order valence-electron chi connectivity index (χ4n) is 4.72. The Morgan fingerprint density at radius 2 is 1.87 bits per heavy atom. The van der Waals surface area contributed by atoms with E-state index in [1.54, 1.807) is 0 Å². The molecule has 1 amide bonds. The molecule has 0 bridgehead atoms. The van der Waals surface area contributed by atoms with Gasteiger partial charge in [0.25, 0.3) is 0 Å². The van der Waals surface area contributed by atoms with Gasteiger partial charge in [0.2, 0.25) is 0 Å². The van der Waals surface area contributed by atoms with E-state index in [9.17, 15) is 4.79 Å². The zero-order valence-electron chi connectivity index (χ0n) is 18.3. The maximum atomic E-state index is 12.2. The van der Waals surface area contributed by atoms with Gasteiger partial charge < -0.3 is 14.2 Å². The molecule has 164 valence electrons. The third-order valence-corrected chi connectivity index (χ3v) is 6.70. The predicted molar refractivity (Wildman–Crippen MR) is 123 cm³/mol. The van der Waals surface area contributed by atoms with Gasteiger partial charge in [0.1, 0.15) is 11.2 Å². The highest BCUT2D eigenvalue weighted by Crippen LogP contribution is 2.35. The van der Waals surface area contributed by atoms with Gasteiger partial charge in [0.15, 0.2) is 0 Å². The third-order valence-electron chi connectivity index (χ3n) is 6.27. The number of rotatable bonds is 3. The quantitative estimate of drug-likeness (QED) is 0.619. The Kier molecular flexibility index (Phi) is 6.39. The number of hydrogen-bond donors (Lipinski definition) is 0.